The first-order chi connectivity index (χ1) is 9.72. The van der Waals surface area contributed by atoms with Crippen molar-refractivity contribution in [3.63, 3.8) is 0 Å². The molecule has 20 heavy (non-hydrogen) atoms. The fraction of sp³-hybridized carbons (Fsp3) is 0.357. The Morgan fingerprint density at radius 2 is 2.30 bits per heavy atom. The molecule has 0 spiro atoms. The van der Waals surface area contributed by atoms with Gasteiger partial charge in [0.15, 0.2) is 0 Å². The van der Waals surface area contributed by atoms with Crippen LogP contribution in [-0.2, 0) is 9.53 Å². The number of aromatic nitrogens is 2. The number of carbonyl (C=O) groups excluding carboxylic acids is 1. The maximum atomic E-state index is 12.0. The largest absolute Gasteiger partial charge is 0.421 e. The lowest BCUT2D eigenvalue weighted by Crippen LogP contribution is -2.26. The Kier molecular flexibility index (Phi) is 3.47. The Morgan fingerprint density at radius 3 is 3.00 bits per heavy atom. The molecule has 1 fully saturated rings. The summed E-state index contributed by atoms with van der Waals surface area (Å²) in [6.45, 7) is 2.39. The third-order valence-electron chi connectivity index (χ3n) is 3.13. The molecule has 1 aliphatic heterocycles. The summed E-state index contributed by atoms with van der Waals surface area (Å²) in [6.07, 6.45) is 1.36. The van der Waals surface area contributed by atoms with E-state index in [9.17, 15) is 4.79 Å². The van der Waals surface area contributed by atoms with E-state index in [0.29, 0.717) is 24.1 Å². The SMILES string of the molecule is Cc1nnc(-c2cccc(NC(=O)C3CCCO3)c2)o1. The van der Waals surface area contributed by atoms with Crippen LogP contribution in [0, 0.1) is 6.92 Å². The second-order valence-corrected chi connectivity index (χ2v) is 4.70. The molecule has 6 heteroatoms. The molecule has 1 aromatic carbocycles. The van der Waals surface area contributed by atoms with Crippen molar-refractivity contribution >= 4 is 11.6 Å². The van der Waals surface area contributed by atoms with Gasteiger partial charge in [0.25, 0.3) is 5.91 Å². The average molecular weight is 273 g/mol. The van der Waals surface area contributed by atoms with Gasteiger partial charge in [-0.1, -0.05) is 6.07 Å². The minimum Gasteiger partial charge on any atom is -0.421 e. The number of nitrogens with one attached hydrogen (secondary N) is 1. The van der Waals surface area contributed by atoms with E-state index in [1.54, 1.807) is 13.0 Å². The summed E-state index contributed by atoms with van der Waals surface area (Å²) in [6, 6.07) is 7.31. The molecular weight excluding hydrogens is 258 g/mol. The van der Waals surface area contributed by atoms with Gasteiger partial charge in [0.05, 0.1) is 0 Å². The third kappa shape index (κ3) is 2.70. The lowest BCUT2D eigenvalue weighted by atomic mass is 10.2. The van der Waals surface area contributed by atoms with Gasteiger partial charge in [0.2, 0.25) is 11.8 Å². The fourth-order valence-electron chi connectivity index (χ4n) is 2.15. The van der Waals surface area contributed by atoms with Crippen molar-refractivity contribution in [1.82, 2.24) is 10.2 Å². The van der Waals surface area contributed by atoms with Crippen molar-refractivity contribution in [3.05, 3.63) is 30.2 Å². The van der Waals surface area contributed by atoms with Crippen molar-refractivity contribution in [2.45, 2.75) is 25.9 Å². The summed E-state index contributed by atoms with van der Waals surface area (Å²) in [5, 5.41) is 10.6. The average Bonchev–Trinajstić information content (AvgIpc) is 3.10. The van der Waals surface area contributed by atoms with Crippen LogP contribution < -0.4 is 5.32 Å². The molecular formula is C14H15N3O3. The Labute approximate surface area is 116 Å². The van der Waals surface area contributed by atoms with Gasteiger partial charge in [0.1, 0.15) is 6.10 Å². The third-order valence-corrected chi connectivity index (χ3v) is 3.13. The number of amides is 1. The maximum Gasteiger partial charge on any atom is 0.253 e. The van der Waals surface area contributed by atoms with Gasteiger partial charge in [-0.2, -0.15) is 0 Å². The number of aryl methyl sites for hydroxylation is 1. The maximum absolute atomic E-state index is 12.0. The lowest BCUT2D eigenvalue weighted by molar-refractivity contribution is -0.124. The summed E-state index contributed by atoms with van der Waals surface area (Å²) in [7, 11) is 0. The molecule has 1 aromatic heterocycles. The Balaban J connectivity index is 1.75. The molecule has 1 N–H and O–H groups in total. The summed E-state index contributed by atoms with van der Waals surface area (Å²) >= 11 is 0. The fourth-order valence-corrected chi connectivity index (χ4v) is 2.15. The summed E-state index contributed by atoms with van der Waals surface area (Å²) in [5.74, 6) is 0.839. The van der Waals surface area contributed by atoms with E-state index >= 15 is 0 Å². The number of benzene rings is 1. The van der Waals surface area contributed by atoms with Gasteiger partial charge < -0.3 is 14.5 Å². The van der Waals surface area contributed by atoms with E-state index in [1.165, 1.54) is 0 Å². The zero-order valence-corrected chi connectivity index (χ0v) is 11.1. The second-order valence-electron chi connectivity index (χ2n) is 4.70. The van der Waals surface area contributed by atoms with Crippen LogP contribution in [0.2, 0.25) is 0 Å². The molecule has 2 heterocycles. The monoisotopic (exact) mass is 273 g/mol. The van der Waals surface area contributed by atoms with Crippen LogP contribution in [0.3, 0.4) is 0 Å². The molecule has 6 nitrogen and oxygen atoms in total. The zero-order chi connectivity index (χ0) is 13.9. The van der Waals surface area contributed by atoms with Gasteiger partial charge in [0, 0.05) is 24.8 Å². The first-order valence-electron chi connectivity index (χ1n) is 6.55. The Hall–Kier alpha value is -2.21. The molecule has 1 atom stereocenters. The van der Waals surface area contributed by atoms with Crippen LogP contribution >= 0.6 is 0 Å². The smallest absolute Gasteiger partial charge is 0.253 e. The summed E-state index contributed by atoms with van der Waals surface area (Å²) in [5.41, 5.74) is 1.47. The van der Waals surface area contributed by atoms with Crippen LogP contribution in [-0.4, -0.2) is 28.8 Å². The highest BCUT2D eigenvalue weighted by Crippen LogP contribution is 2.22. The first-order valence-corrected chi connectivity index (χ1v) is 6.55. The Bertz CT molecular complexity index is 618. The molecule has 3 rings (SSSR count). The van der Waals surface area contributed by atoms with E-state index in [1.807, 2.05) is 18.2 Å². The number of rotatable bonds is 3. The van der Waals surface area contributed by atoms with E-state index < -0.39 is 0 Å². The molecule has 1 saturated heterocycles. The molecule has 0 saturated carbocycles. The van der Waals surface area contributed by atoms with Gasteiger partial charge in [-0.15, -0.1) is 10.2 Å². The molecule has 2 aromatic rings. The van der Waals surface area contributed by atoms with E-state index in [0.717, 1.165) is 18.4 Å². The minimum atomic E-state index is -0.343. The number of carbonyl (C=O) groups is 1. The van der Waals surface area contributed by atoms with Crippen LogP contribution in [0.25, 0.3) is 11.5 Å². The van der Waals surface area contributed by atoms with Crippen molar-refractivity contribution < 1.29 is 13.9 Å². The zero-order valence-electron chi connectivity index (χ0n) is 11.1. The number of hydrogen-bond acceptors (Lipinski definition) is 5. The topological polar surface area (TPSA) is 77.2 Å². The van der Waals surface area contributed by atoms with Gasteiger partial charge in [-0.25, -0.2) is 0 Å². The van der Waals surface area contributed by atoms with Crippen molar-refractivity contribution in [1.29, 1.82) is 0 Å². The van der Waals surface area contributed by atoms with Crippen LogP contribution in [0.4, 0.5) is 5.69 Å². The summed E-state index contributed by atoms with van der Waals surface area (Å²) < 4.78 is 10.7. The van der Waals surface area contributed by atoms with Gasteiger partial charge in [-0.05, 0) is 31.0 Å². The van der Waals surface area contributed by atoms with Crippen LogP contribution in [0.1, 0.15) is 18.7 Å². The first kappa shape index (κ1) is 12.8. The normalized spacial score (nSPS) is 18.1. The number of ether oxygens (including phenoxy) is 1. The van der Waals surface area contributed by atoms with Crippen LogP contribution in [0.5, 0.6) is 0 Å². The van der Waals surface area contributed by atoms with Gasteiger partial charge >= 0.3 is 0 Å². The minimum absolute atomic E-state index is 0.110. The quantitative estimate of drug-likeness (QED) is 0.927. The van der Waals surface area contributed by atoms with Crippen molar-refractivity contribution in [3.8, 4) is 11.5 Å². The predicted octanol–water partition coefficient (Wildman–Crippen LogP) is 2.16. The summed E-state index contributed by atoms with van der Waals surface area (Å²) in [4.78, 5) is 12.0. The number of hydrogen-bond donors (Lipinski definition) is 1. The highest BCUT2D eigenvalue weighted by atomic mass is 16.5. The van der Waals surface area contributed by atoms with E-state index in [-0.39, 0.29) is 12.0 Å². The van der Waals surface area contributed by atoms with E-state index in [4.69, 9.17) is 9.15 Å². The molecule has 1 amide bonds. The van der Waals surface area contributed by atoms with Crippen molar-refractivity contribution in [2.24, 2.45) is 0 Å². The highest BCUT2D eigenvalue weighted by Gasteiger charge is 2.23. The number of nitrogens with zero attached hydrogens (tertiary/aromatic N) is 2. The molecule has 1 aliphatic rings. The predicted molar refractivity (Wildman–Crippen MR) is 72.1 cm³/mol. The lowest BCUT2D eigenvalue weighted by Gasteiger charge is -2.10. The van der Waals surface area contributed by atoms with Crippen molar-refractivity contribution in [2.75, 3.05) is 11.9 Å². The molecule has 1 unspecified atom stereocenters. The highest BCUT2D eigenvalue weighted by molar-refractivity contribution is 5.94. The molecule has 0 radical (unpaired) electrons. The van der Waals surface area contributed by atoms with E-state index in [2.05, 4.69) is 15.5 Å². The molecule has 104 valence electrons. The second kappa shape index (κ2) is 5.42. The van der Waals surface area contributed by atoms with Gasteiger partial charge in [-0.3, -0.25) is 4.79 Å². The number of anilines is 1. The standard InChI is InChI=1S/C14H15N3O3/c1-9-16-17-14(20-9)10-4-2-5-11(8-10)15-13(18)12-6-3-7-19-12/h2,4-5,8,12H,3,6-7H2,1H3,(H,15,18). The Morgan fingerprint density at radius 1 is 1.40 bits per heavy atom. The van der Waals surface area contributed by atoms with Crippen LogP contribution in [0.15, 0.2) is 28.7 Å². The molecule has 0 bridgehead atoms. The molecule has 0 aliphatic carbocycles.